The van der Waals surface area contributed by atoms with E-state index in [0.717, 1.165) is 51.0 Å². The lowest BCUT2D eigenvalue weighted by Crippen LogP contribution is -2.46. The van der Waals surface area contributed by atoms with E-state index in [1.165, 1.54) is 5.56 Å². The number of amides is 2. The number of likely N-dealkylation sites (tertiary alicyclic amines) is 1. The quantitative estimate of drug-likeness (QED) is 0.911. The number of rotatable bonds is 3. The first-order chi connectivity index (χ1) is 10.6. The summed E-state index contributed by atoms with van der Waals surface area (Å²) in [7, 11) is 0. The molecule has 1 aromatic carbocycles. The van der Waals surface area contributed by atoms with Crippen LogP contribution in [0.2, 0.25) is 0 Å². The molecule has 0 aliphatic carbocycles. The molecule has 0 aromatic heterocycles. The Bertz CT molecular complexity index is 565. The van der Waals surface area contributed by atoms with Crippen LogP contribution in [0.5, 0.6) is 0 Å². The standard InChI is InChI=1S/C17H23N3O2/c18-16(21)12-19-10-7-14(8-11-19)17(22)20-9-3-5-13-4-1-2-6-15(13)20/h1-2,4,6,14H,3,5,7-12H2,(H2,18,21). The SMILES string of the molecule is NC(=O)CN1CCC(C(=O)N2CCCc3ccccc32)CC1. The predicted molar refractivity (Wildman–Crippen MR) is 85.5 cm³/mol. The highest BCUT2D eigenvalue weighted by molar-refractivity contribution is 5.96. The first-order valence-electron chi connectivity index (χ1n) is 8.05. The zero-order chi connectivity index (χ0) is 15.5. The van der Waals surface area contributed by atoms with Crippen LogP contribution < -0.4 is 10.6 Å². The maximum atomic E-state index is 12.9. The first-order valence-corrected chi connectivity index (χ1v) is 8.05. The fourth-order valence-electron chi connectivity index (χ4n) is 3.54. The molecule has 0 unspecified atom stereocenters. The van der Waals surface area contributed by atoms with Crippen LogP contribution in [0, 0.1) is 5.92 Å². The topological polar surface area (TPSA) is 66.6 Å². The zero-order valence-electron chi connectivity index (χ0n) is 12.8. The second-order valence-corrected chi connectivity index (χ2v) is 6.24. The third-order valence-electron chi connectivity index (χ3n) is 4.69. The van der Waals surface area contributed by atoms with E-state index < -0.39 is 0 Å². The van der Waals surface area contributed by atoms with Gasteiger partial charge in [-0.2, -0.15) is 0 Å². The number of hydrogen-bond acceptors (Lipinski definition) is 3. The van der Waals surface area contributed by atoms with Crippen molar-refractivity contribution in [2.45, 2.75) is 25.7 Å². The Hall–Kier alpha value is -1.88. The fourth-order valence-corrected chi connectivity index (χ4v) is 3.54. The van der Waals surface area contributed by atoms with E-state index in [4.69, 9.17) is 5.73 Å². The van der Waals surface area contributed by atoms with E-state index in [9.17, 15) is 9.59 Å². The second-order valence-electron chi connectivity index (χ2n) is 6.24. The molecular formula is C17H23N3O2. The van der Waals surface area contributed by atoms with E-state index in [2.05, 4.69) is 12.1 Å². The summed E-state index contributed by atoms with van der Waals surface area (Å²) in [6.45, 7) is 2.66. The molecule has 0 saturated carbocycles. The Kier molecular flexibility index (Phi) is 4.43. The van der Waals surface area contributed by atoms with Crippen LogP contribution in [-0.2, 0) is 16.0 Å². The van der Waals surface area contributed by atoms with Crippen molar-refractivity contribution < 1.29 is 9.59 Å². The number of carbonyl (C=O) groups is 2. The number of benzene rings is 1. The summed E-state index contributed by atoms with van der Waals surface area (Å²) in [5, 5.41) is 0. The van der Waals surface area contributed by atoms with E-state index in [-0.39, 0.29) is 17.7 Å². The number of aryl methyl sites for hydroxylation is 1. The minimum atomic E-state index is -0.297. The van der Waals surface area contributed by atoms with Gasteiger partial charge in [-0.3, -0.25) is 14.5 Å². The largest absolute Gasteiger partial charge is 0.369 e. The molecule has 1 saturated heterocycles. The smallest absolute Gasteiger partial charge is 0.231 e. The third-order valence-corrected chi connectivity index (χ3v) is 4.69. The van der Waals surface area contributed by atoms with Crippen LogP contribution in [0.15, 0.2) is 24.3 Å². The summed E-state index contributed by atoms with van der Waals surface area (Å²) in [5.74, 6) is 0.0101. The third kappa shape index (κ3) is 3.14. The number of hydrogen-bond donors (Lipinski definition) is 1. The molecule has 1 aromatic rings. The van der Waals surface area contributed by atoms with Crippen LogP contribution >= 0.6 is 0 Å². The van der Waals surface area contributed by atoms with Crippen LogP contribution in [0.3, 0.4) is 0 Å². The molecule has 2 heterocycles. The predicted octanol–water partition coefficient (Wildman–Crippen LogP) is 1.16. The maximum Gasteiger partial charge on any atom is 0.231 e. The molecule has 2 N–H and O–H groups in total. The molecule has 22 heavy (non-hydrogen) atoms. The van der Waals surface area contributed by atoms with E-state index in [0.29, 0.717) is 6.54 Å². The number of nitrogens with zero attached hydrogens (tertiary/aromatic N) is 2. The van der Waals surface area contributed by atoms with Crippen molar-refractivity contribution in [1.82, 2.24) is 4.90 Å². The molecular weight excluding hydrogens is 278 g/mol. The van der Waals surface area contributed by atoms with Crippen LogP contribution in [0.1, 0.15) is 24.8 Å². The number of piperidine rings is 1. The average Bonchev–Trinajstić information content (AvgIpc) is 2.54. The van der Waals surface area contributed by atoms with E-state index in [1.54, 1.807) is 0 Å². The monoisotopic (exact) mass is 301 g/mol. The highest BCUT2D eigenvalue weighted by atomic mass is 16.2. The molecule has 5 heteroatoms. The Morgan fingerprint density at radius 2 is 1.86 bits per heavy atom. The van der Waals surface area contributed by atoms with Crippen LogP contribution in [-0.4, -0.2) is 42.9 Å². The minimum absolute atomic E-state index is 0.0651. The molecule has 0 radical (unpaired) electrons. The Labute approximate surface area is 131 Å². The molecule has 3 rings (SSSR count). The zero-order valence-corrected chi connectivity index (χ0v) is 12.8. The lowest BCUT2D eigenvalue weighted by Gasteiger charge is -2.36. The van der Waals surface area contributed by atoms with Gasteiger partial charge in [0.2, 0.25) is 11.8 Å². The van der Waals surface area contributed by atoms with Gasteiger partial charge in [0.15, 0.2) is 0 Å². The number of para-hydroxylation sites is 1. The molecule has 0 spiro atoms. The molecule has 2 aliphatic heterocycles. The van der Waals surface area contributed by atoms with Crippen molar-refractivity contribution in [2.24, 2.45) is 11.7 Å². The van der Waals surface area contributed by atoms with Gasteiger partial charge in [0.05, 0.1) is 6.54 Å². The molecule has 2 amide bonds. The summed E-state index contributed by atoms with van der Waals surface area (Å²) in [6, 6.07) is 8.20. The number of primary amides is 1. The van der Waals surface area contributed by atoms with Gasteiger partial charge in [-0.15, -0.1) is 0 Å². The average molecular weight is 301 g/mol. The summed E-state index contributed by atoms with van der Waals surface area (Å²) >= 11 is 0. The van der Waals surface area contributed by atoms with E-state index in [1.807, 2.05) is 21.9 Å². The molecule has 2 aliphatic rings. The number of nitrogens with two attached hydrogens (primary N) is 1. The van der Waals surface area contributed by atoms with Crippen molar-refractivity contribution in [3.63, 3.8) is 0 Å². The van der Waals surface area contributed by atoms with Gasteiger partial charge in [0.1, 0.15) is 0 Å². The van der Waals surface area contributed by atoms with Crippen LogP contribution in [0.4, 0.5) is 5.69 Å². The highest BCUT2D eigenvalue weighted by Crippen LogP contribution is 2.30. The highest BCUT2D eigenvalue weighted by Gasteiger charge is 2.31. The van der Waals surface area contributed by atoms with Crippen LogP contribution in [0.25, 0.3) is 0 Å². The molecule has 0 bridgehead atoms. The van der Waals surface area contributed by atoms with Gasteiger partial charge in [-0.05, 0) is 50.4 Å². The summed E-state index contributed by atoms with van der Waals surface area (Å²) in [4.78, 5) is 27.8. The van der Waals surface area contributed by atoms with Crippen molar-refractivity contribution in [3.05, 3.63) is 29.8 Å². The van der Waals surface area contributed by atoms with Crippen molar-refractivity contribution >= 4 is 17.5 Å². The van der Waals surface area contributed by atoms with Crippen molar-refractivity contribution in [1.29, 1.82) is 0 Å². The lowest BCUT2D eigenvalue weighted by molar-refractivity contribution is -0.124. The molecule has 1 fully saturated rings. The minimum Gasteiger partial charge on any atom is -0.369 e. The summed E-state index contributed by atoms with van der Waals surface area (Å²) in [5.41, 5.74) is 7.59. The first kappa shape index (κ1) is 15.0. The van der Waals surface area contributed by atoms with Gasteiger partial charge in [0, 0.05) is 18.2 Å². The summed E-state index contributed by atoms with van der Waals surface area (Å²) < 4.78 is 0. The molecule has 5 nitrogen and oxygen atoms in total. The van der Waals surface area contributed by atoms with Gasteiger partial charge >= 0.3 is 0 Å². The van der Waals surface area contributed by atoms with Gasteiger partial charge in [0.25, 0.3) is 0 Å². The van der Waals surface area contributed by atoms with Gasteiger partial charge in [-0.1, -0.05) is 18.2 Å². The number of fused-ring (bicyclic) bond motifs is 1. The Morgan fingerprint density at radius 3 is 2.59 bits per heavy atom. The maximum absolute atomic E-state index is 12.9. The Balaban J connectivity index is 1.65. The van der Waals surface area contributed by atoms with E-state index >= 15 is 0 Å². The van der Waals surface area contributed by atoms with Gasteiger partial charge in [-0.25, -0.2) is 0 Å². The fraction of sp³-hybridized carbons (Fsp3) is 0.529. The molecule has 0 atom stereocenters. The number of carbonyl (C=O) groups excluding carboxylic acids is 2. The second kappa shape index (κ2) is 6.48. The van der Waals surface area contributed by atoms with Gasteiger partial charge < -0.3 is 10.6 Å². The summed E-state index contributed by atoms with van der Waals surface area (Å²) in [6.07, 6.45) is 3.70. The lowest BCUT2D eigenvalue weighted by atomic mass is 9.93. The Morgan fingerprint density at radius 1 is 1.14 bits per heavy atom. The normalized spacial score (nSPS) is 19.7. The van der Waals surface area contributed by atoms with Crippen molar-refractivity contribution in [2.75, 3.05) is 31.1 Å². The number of anilines is 1. The molecule has 118 valence electrons. The van der Waals surface area contributed by atoms with Crippen molar-refractivity contribution in [3.8, 4) is 0 Å².